The monoisotopic (exact) mass is 446 g/mol. The topological polar surface area (TPSA) is 68.1 Å². The van der Waals surface area contributed by atoms with Gasteiger partial charge in [-0.05, 0) is 68.0 Å². The predicted octanol–water partition coefficient (Wildman–Crippen LogP) is 5.46. The van der Waals surface area contributed by atoms with Gasteiger partial charge in [0.2, 0.25) is 0 Å². The van der Waals surface area contributed by atoms with E-state index in [-0.39, 0.29) is 17.7 Å². The summed E-state index contributed by atoms with van der Waals surface area (Å²) in [5.74, 6) is -0.656. The normalized spacial score (nSPS) is 22.4. The summed E-state index contributed by atoms with van der Waals surface area (Å²) >= 11 is 6.51. The molecular formula is C24H25ClF2N2O2. The summed E-state index contributed by atoms with van der Waals surface area (Å²) in [7, 11) is 0. The molecule has 1 aliphatic rings. The molecule has 0 spiro atoms. The first-order valence-electron chi connectivity index (χ1n) is 10.5. The molecule has 3 N–H and O–H groups in total. The summed E-state index contributed by atoms with van der Waals surface area (Å²) in [6, 6.07) is 8.62. The maximum atomic E-state index is 13.9. The lowest BCUT2D eigenvalue weighted by molar-refractivity contribution is 0.103. The molecule has 164 valence electrons. The number of aromatic amines is 1. The van der Waals surface area contributed by atoms with Gasteiger partial charge in [0.05, 0.1) is 11.1 Å². The van der Waals surface area contributed by atoms with Crippen molar-refractivity contribution in [1.82, 2.24) is 4.98 Å². The molecule has 0 amide bonds. The number of H-pyrrole nitrogens is 1. The zero-order chi connectivity index (χ0) is 22.2. The number of nitrogens with one attached hydrogen (secondary N) is 1. The summed E-state index contributed by atoms with van der Waals surface area (Å²) in [6.07, 6.45) is 4.81. The molecule has 0 aliphatic heterocycles. The van der Waals surface area contributed by atoms with E-state index in [4.69, 9.17) is 22.1 Å². The molecule has 3 aromatic rings. The average Bonchev–Trinajstić information content (AvgIpc) is 2.75. The van der Waals surface area contributed by atoms with E-state index in [2.05, 4.69) is 4.98 Å². The minimum atomic E-state index is -0.589. The van der Waals surface area contributed by atoms with Gasteiger partial charge in [-0.2, -0.15) is 0 Å². The first-order chi connectivity index (χ1) is 14.8. The Hall–Kier alpha value is -2.44. The Morgan fingerprint density at radius 1 is 1.16 bits per heavy atom. The van der Waals surface area contributed by atoms with Crippen LogP contribution in [0.4, 0.5) is 8.78 Å². The van der Waals surface area contributed by atoms with Crippen molar-refractivity contribution in [2.45, 2.75) is 56.6 Å². The van der Waals surface area contributed by atoms with Gasteiger partial charge in [0.25, 0.3) is 5.56 Å². The first kappa shape index (κ1) is 21.8. The molecule has 1 aliphatic carbocycles. The molecule has 31 heavy (non-hydrogen) atoms. The standard InChI is InChI=1S/C24H25ClF2N2O2/c1-2-21(28)24(14-11-15(26)13-16(27)12-14)8-5-17(6-9-24)31-20-4-3-19-18(22(20)25)7-10-29-23(19)30/h3-4,7,10-13,17,21H,2,5-6,8-9,28H2,1H3,(H,29,30)/t17?,21-,24?/m1/s1. The number of hydrogen-bond donors (Lipinski definition) is 2. The number of pyridine rings is 1. The Kier molecular flexibility index (Phi) is 6.04. The number of fused-ring (bicyclic) bond motifs is 1. The van der Waals surface area contributed by atoms with Crippen LogP contribution in [0.5, 0.6) is 5.75 Å². The van der Waals surface area contributed by atoms with Crippen LogP contribution < -0.4 is 16.0 Å². The van der Waals surface area contributed by atoms with Gasteiger partial charge < -0.3 is 15.5 Å². The number of rotatable bonds is 5. The van der Waals surface area contributed by atoms with Crippen molar-refractivity contribution in [3.05, 3.63) is 75.2 Å². The van der Waals surface area contributed by atoms with Crippen LogP contribution in [0.2, 0.25) is 5.02 Å². The van der Waals surface area contributed by atoms with Gasteiger partial charge in [-0.15, -0.1) is 0 Å². The van der Waals surface area contributed by atoms with Crippen LogP contribution in [0.1, 0.15) is 44.6 Å². The molecule has 4 nitrogen and oxygen atoms in total. The Morgan fingerprint density at radius 3 is 2.48 bits per heavy atom. The highest BCUT2D eigenvalue weighted by Gasteiger charge is 2.42. The Labute approximate surface area is 184 Å². The van der Waals surface area contributed by atoms with Gasteiger partial charge in [0.15, 0.2) is 0 Å². The number of ether oxygens (including phenoxy) is 1. The first-order valence-corrected chi connectivity index (χ1v) is 10.9. The van der Waals surface area contributed by atoms with Crippen LogP contribution in [-0.2, 0) is 5.41 Å². The van der Waals surface area contributed by atoms with E-state index in [1.54, 1.807) is 24.4 Å². The summed E-state index contributed by atoms with van der Waals surface area (Å²) in [5, 5.41) is 1.54. The van der Waals surface area contributed by atoms with Crippen molar-refractivity contribution < 1.29 is 13.5 Å². The molecule has 0 bridgehead atoms. The maximum absolute atomic E-state index is 13.9. The fourth-order valence-corrected chi connectivity index (χ4v) is 5.09. The lowest BCUT2D eigenvalue weighted by Gasteiger charge is -2.44. The highest BCUT2D eigenvalue weighted by atomic mass is 35.5. The van der Waals surface area contributed by atoms with Crippen molar-refractivity contribution >= 4 is 22.4 Å². The van der Waals surface area contributed by atoms with Crippen molar-refractivity contribution in [2.75, 3.05) is 0 Å². The Bertz CT molecular complexity index is 1140. The zero-order valence-electron chi connectivity index (χ0n) is 17.3. The summed E-state index contributed by atoms with van der Waals surface area (Å²) in [6.45, 7) is 1.99. The van der Waals surface area contributed by atoms with Crippen LogP contribution in [0.3, 0.4) is 0 Å². The molecule has 0 unspecified atom stereocenters. The number of benzene rings is 2. The van der Waals surface area contributed by atoms with Crippen LogP contribution >= 0.6 is 11.6 Å². The lowest BCUT2D eigenvalue weighted by Crippen LogP contribution is -2.49. The van der Waals surface area contributed by atoms with Crippen molar-refractivity contribution in [3.8, 4) is 5.75 Å². The number of hydrogen-bond acceptors (Lipinski definition) is 3. The summed E-state index contributed by atoms with van der Waals surface area (Å²) in [5.41, 5.74) is 6.38. The smallest absolute Gasteiger partial charge is 0.255 e. The van der Waals surface area contributed by atoms with E-state index in [1.165, 1.54) is 12.1 Å². The van der Waals surface area contributed by atoms with E-state index in [0.29, 0.717) is 59.2 Å². The Balaban J connectivity index is 1.57. The van der Waals surface area contributed by atoms with Crippen LogP contribution in [0.25, 0.3) is 10.8 Å². The molecule has 0 radical (unpaired) electrons. The van der Waals surface area contributed by atoms with Crippen molar-refractivity contribution in [3.63, 3.8) is 0 Å². The molecule has 1 atom stereocenters. The van der Waals surface area contributed by atoms with Gasteiger partial charge in [-0.25, -0.2) is 8.78 Å². The van der Waals surface area contributed by atoms with E-state index >= 15 is 0 Å². The van der Waals surface area contributed by atoms with Gasteiger partial charge >= 0.3 is 0 Å². The van der Waals surface area contributed by atoms with Gasteiger partial charge in [0.1, 0.15) is 17.4 Å². The van der Waals surface area contributed by atoms with Gasteiger partial charge in [-0.3, -0.25) is 4.79 Å². The quantitative estimate of drug-likeness (QED) is 0.547. The SMILES string of the molecule is CC[C@@H](N)C1(c2cc(F)cc(F)c2)CCC(Oc2ccc3c(=O)[nH]ccc3c2Cl)CC1. The lowest BCUT2D eigenvalue weighted by atomic mass is 9.64. The second kappa shape index (κ2) is 8.60. The fourth-order valence-electron chi connectivity index (χ4n) is 4.81. The molecule has 4 rings (SSSR count). The van der Waals surface area contributed by atoms with Crippen molar-refractivity contribution in [1.29, 1.82) is 0 Å². The molecule has 1 aromatic heterocycles. The predicted molar refractivity (Wildman–Crippen MR) is 119 cm³/mol. The van der Waals surface area contributed by atoms with Gasteiger partial charge in [0, 0.05) is 34.5 Å². The summed E-state index contributed by atoms with van der Waals surface area (Å²) in [4.78, 5) is 14.6. The Morgan fingerprint density at radius 2 is 1.84 bits per heavy atom. The van der Waals surface area contributed by atoms with E-state index < -0.39 is 17.0 Å². The second-order valence-electron chi connectivity index (χ2n) is 8.29. The van der Waals surface area contributed by atoms with Crippen LogP contribution in [0, 0.1) is 11.6 Å². The van der Waals surface area contributed by atoms with E-state index in [1.807, 2.05) is 6.92 Å². The molecular weight excluding hydrogens is 422 g/mol. The maximum Gasteiger partial charge on any atom is 0.255 e. The van der Waals surface area contributed by atoms with Crippen molar-refractivity contribution in [2.24, 2.45) is 5.73 Å². The molecule has 7 heteroatoms. The molecule has 1 fully saturated rings. The second-order valence-corrected chi connectivity index (χ2v) is 8.67. The van der Waals surface area contributed by atoms with Crippen LogP contribution in [0.15, 0.2) is 47.4 Å². The third kappa shape index (κ3) is 4.06. The number of halogens is 3. The highest BCUT2D eigenvalue weighted by Crippen LogP contribution is 2.44. The molecule has 2 aromatic carbocycles. The zero-order valence-corrected chi connectivity index (χ0v) is 18.0. The third-order valence-corrected chi connectivity index (χ3v) is 6.95. The molecule has 0 saturated heterocycles. The minimum absolute atomic E-state index is 0.104. The van der Waals surface area contributed by atoms with E-state index in [0.717, 1.165) is 6.07 Å². The van der Waals surface area contributed by atoms with Gasteiger partial charge in [-0.1, -0.05) is 18.5 Å². The highest BCUT2D eigenvalue weighted by molar-refractivity contribution is 6.37. The minimum Gasteiger partial charge on any atom is -0.489 e. The molecule has 1 heterocycles. The number of nitrogens with two attached hydrogens (primary N) is 1. The largest absolute Gasteiger partial charge is 0.489 e. The van der Waals surface area contributed by atoms with Crippen LogP contribution in [-0.4, -0.2) is 17.1 Å². The third-order valence-electron chi connectivity index (χ3n) is 6.56. The number of aromatic nitrogens is 1. The average molecular weight is 447 g/mol. The summed E-state index contributed by atoms with van der Waals surface area (Å²) < 4.78 is 34.1. The molecule has 1 saturated carbocycles. The van der Waals surface area contributed by atoms with E-state index in [9.17, 15) is 13.6 Å². The fraction of sp³-hybridized carbons (Fsp3) is 0.375.